The molecule has 1 aromatic carbocycles. The van der Waals surface area contributed by atoms with Crippen molar-refractivity contribution in [2.45, 2.75) is 57.9 Å². The van der Waals surface area contributed by atoms with E-state index in [0.29, 0.717) is 49.5 Å². The molecule has 1 aliphatic heterocycles. The molecule has 6 nitrogen and oxygen atoms in total. The summed E-state index contributed by atoms with van der Waals surface area (Å²) < 4.78 is 27.4. The molecule has 0 radical (unpaired) electrons. The summed E-state index contributed by atoms with van der Waals surface area (Å²) in [6.07, 6.45) is 1.03. The lowest BCUT2D eigenvalue weighted by atomic mass is 9.99. The molecule has 0 unspecified atom stereocenters. The summed E-state index contributed by atoms with van der Waals surface area (Å²) in [4.78, 5) is 14.5. The predicted molar refractivity (Wildman–Crippen MR) is 113 cm³/mol. The molecule has 158 valence electrons. The number of hydrogen-bond donors (Lipinski definition) is 1. The molecule has 2 rings (SSSR count). The van der Waals surface area contributed by atoms with Crippen LogP contribution in [0.4, 0.5) is 0 Å². The van der Waals surface area contributed by atoms with Crippen LogP contribution in [0.25, 0.3) is 0 Å². The van der Waals surface area contributed by atoms with Gasteiger partial charge in [0.15, 0.2) is 0 Å². The Morgan fingerprint density at radius 3 is 2.11 bits per heavy atom. The van der Waals surface area contributed by atoms with Gasteiger partial charge in [-0.3, -0.25) is 9.69 Å². The fraction of sp³-hybridized carbons (Fsp3) is 0.667. The highest BCUT2D eigenvalue weighted by Crippen LogP contribution is 2.23. The summed E-state index contributed by atoms with van der Waals surface area (Å²) in [6, 6.07) is 7.38. The second kappa shape index (κ2) is 9.85. The Hall–Kier alpha value is -1.44. The van der Waals surface area contributed by atoms with Crippen LogP contribution in [0.3, 0.4) is 0 Å². The van der Waals surface area contributed by atoms with Crippen LogP contribution in [-0.2, 0) is 14.8 Å². The van der Waals surface area contributed by atoms with Gasteiger partial charge in [0.05, 0.1) is 11.4 Å². The normalized spacial score (nSPS) is 18.8. The van der Waals surface area contributed by atoms with Crippen LogP contribution in [0.1, 0.15) is 52.5 Å². The van der Waals surface area contributed by atoms with E-state index < -0.39 is 10.0 Å². The Balaban J connectivity index is 1.92. The lowest BCUT2D eigenvalue weighted by molar-refractivity contribution is -0.123. The van der Waals surface area contributed by atoms with Crippen LogP contribution in [-0.4, -0.2) is 62.3 Å². The molecule has 0 saturated carbocycles. The minimum Gasteiger partial charge on any atom is -0.352 e. The topological polar surface area (TPSA) is 69.7 Å². The number of carbonyl (C=O) groups excluding carboxylic acids is 1. The smallest absolute Gasteiger partial charge is 0.243 e. The van der Waals surface area contributed by atoms with E-state index in [-0.39, 0.29) is 11.9 Å². The highest BCUT2D eigenvalue weighted by molar-refractivity contribution is 7.89. The summed E-state index contributed by atoms with van der Waals surface area (Å²) in [6.45, 7) is 12.7. The minimum atomic E-state index is -3.49. The predicted octanol–water partition coefficient (Wildman–Crippen LogP) is 2.67. The Bertz CT molecular complexity index is 739. The van der Waals surface area contributed by atoms with Crippen LogP contribution in [0.15, 0.2) is 29.2 Å². The average molecular weight is 410 g/mol. The van der Waals surface area contributed by atoms with Gasteiger partial charge < -0.3 is 5.32 Å². The number of nitrogens with zero attached hydrogens (tertiary/aromatic N) is 2. The lowest BCUT2D eigenvalue weighted by Crippen LogP contribution is -2.51. The average Bonchev–Trinajstić information content (AvgIpc) is 2.67. The Morgan fingerprint density at radius 2 is 1.61 bits per heavy atom. The number of nitrogens with one attached hydrogen (secondary N) is 1. The van der Waals surface area contributed by atoms with Crippen LogP contribution < -0.4 is 5.32 Å². The molecule has 7 heteroatoms. The standard InChI is InChI=1S/C21H35N3O3S/c1-6-17(4)19-7-9-20(10-8-19)28(26,27)24-13-11-23(12-14-24)15-21(25)22-18(5)16(2)3/h7-10,16-18H,6,11-15H2,1-5H3,(H,22,25)/t17-,18+/m1/s1. The van der Waals surface area contributed by atoms with Gasteiger partial charge in [-0.25, -0.2) is 8.42 Å². The van der Waals surface area contributed by atoms with Gasteiger partial charge >= 0.3 is 0 Å². The van der Waals surface area contributed by atoms with Crippen LogP contribution in [0.2, 0.25) is 0 Å². The number of carbonyl (C=O) groups is 1. The van der Waals surface area contributed by atoms with Crippen molar-refractivity contribution in [1.29, 1.82) is 0 Å². The van der Waals surface area contributed by atoms with Crippen LogP contribution in [0, 0.1) is 5.92 Å². The number of sulfonamides is 1. The van der Waals surface area contributed by atoms with Crippen molar-refractivity contribution in [2.24, 2.45) is 5.92 Å². The monoisotopic (exact) mass is 409 g/mol. The lowest BCUT2D eigenvalue weighted by Gasteiger charge is -2.33. The maximum absolute atomic E-state index is 12.9. The van der Waals surface area contributed by atoms with Crippen molar-refractivity contribution in [3.63, 3.8) is 0 Å². The van der Waals surface area contributed by atoms with E-state index in [2.05, 4.69) is 33.0 Å². The first-order valence-electron chi connectivity index (χ1n) is 10.3. The number of hydrogen-bond acceptors (Lipinski definition) is 4. The van der Waals surface area contributed by atoms with Gasteiger partial charge in [-0.15, -0.1) is 0 Å². The maximum Gasteiger partial charge on any atom is 0.243 e. The second-order valence-corrected chi connectivity index (χ2v) is 10.1. The van der Waals surface area contributed by atoms with Crippen molar-refractivity contribution in [2.75, 3.05) is 32.7 Å². The molecule has 0 aromatic heterocycles. The van der Waals surface area contributed by atoms with Crippen molar-refractivity contribution in [3.05, 3.63) is 29.8 Å². The Morgan fingerprint density at radius 1 is 1.04 bits per heavy atom. The molecule has 1 fully saturated rings. The van der Waals surface area contributed by atoms with Gasteiger partial charge in [-0.2, -0.15) is 4.31 Å². The number of benzene rings is 1. The van der Waals surface area contributed by atoms with Gasteiger partial charge in [0.2, 0.25) is 15.9 Å². The molecular formula is C21H35N3O3S. The fourth-order valence-electron chi connectivity index (χ4n) is 3.15. The molecule has 1 saturated heterocycles. The summed E-state index contributed by atoms with van der Waals surface area (Å²) in [5.41, 5.74) is 1.16. The minimum absolute atomic E-state index is 0.00172. The first-order valence-corrected chi connectivity index (χ1v) is 11.7. The Labute approximate surface area is 170 Å². The van der Waals surface area contributed by atoms with E-state index in [9.17, 15) is 13.2 Å². The number of amides is 1. The quantitative estimate of drug-likeness (QED) is 0.717. The van der Waals surface area contributed by atoms with Crippen LogP contribution in [0.5, 0.6) is 0 Å². The zero-order chi connectivity index (χ0) is 20.9. The zero-order valence-electron chi connectivity index (χ0n) is 17.8. The van der Waals surface area contributed by atoms with Crippen molar-refractivity contribution >= 4 is 15.9 Å². The third-order valence-electron chi connectivity index (χ3n) is 5.79. The van der Waals surface area contributed by atoms with Crippen molar-refractivity contribution in [3.8, 4) is 0 Å². The molecule has 28 heavy (non-hydrogen) atoms. The summed E-state index contributed by atoms with van der Waals surface area (Å²) in [5, 5.41) is 3.00. The summed E-state index contributed by atoms with van der Waals surface area (Å²) >= 11 is 0. The molecule has 1 heterocycles. The number of piperazine rings is 1. The van der Waals surface area contributed by atoms with E-state index in [1.54, 1.807) is 12.1 Å². The zero-order valence-corrected chi connectivity index (χ0v) is 18.6. The van der Waals surface area contributed by atoms with Gasteiger partial charge in [0.1, 0.15) is 0 Å². The van der Waals surface area contributed by atoms with E-state index >= 15 is 0 Å². The van der Waals surface area contributed by atoms with Gasteiger partial charge in [0.25, 0.3) is 0 Å². The highest BCUT2D eigenvalue weighted by Gasteiger charge is 2.29. The van der Waals surface area contributed by atoms with Gasteiger partial charge in [-0.1, -0.05) is 39.8 Å². The molecule has 0 bridgehead atoms. The van der Waals surface area contributed by atoms with E-state index in [0.717, 1.165) is 12.0 Å². The Kier molecular flexibility index (Phi) is 8.04. The van der Waals surface area contributed by atoms with Gasteiger partial charge in [0, 0.05) is 32.2 Å². The van der Waals surface area contributed by atoms with E-state index in [4.69, 9.17) is 0 Å². The first-order chi connectivity index (χ1) is 13.1. The molecule has 1 aromatic rings. The molecule has 2 atom stereocenters. The molecular weight excluding hydrogens is 374 g/mol. The third-order valence-corrected chi connectivity index (χ3v) is 7.70. The summed E-state index contributed by atoms with van der Waals surface area (Å²) in [7, 11) is -3.49. The molecule has 1 amide bonds. The molecule has 0 spiro atoms. The largest absolute Gasteiger partial charge is 0.352 e. The van der Waals surface area contributed by atoms with Crippen molar-refractivity contribution < 1.29 is 13.2 Å². The SMILES string of the molecule is CC[C@@H](C)c1ccc(S(=O)(=O)N2CCN(CC(=O)N[C@@H](C)C(C)C)CC2)cc1. The van der Waals surface area contributed by atoms with E-state index in [1.807, 2.05) is 24.0 Å². The van der Waals surface area contributed by atoms with E-state index in [1.165, 1.54) is 4.31 Å². The molecule has 0 aliphatic carbocycles. The van der Waals surface area contributed by atoms with Crippen LogP contribution >= 0.6 is 0 Å². The van der Waals surface area contributed by atoms with Crippen molar-refractivity contribution in [1.82, 2.24) is 14.5 Å². The van der Waals surface area contributed by atoms with Gasteiger partial charge in [-0.05, 0) is 42.9 Å². The molecule has 1 aliphatic rings. The highest BCUT2D eigenvalue weighted by atomic mass is 32.2. The second-order valence-electron chi connectivity index (χ2n) is 8.16. The third kappa shape index (κ3) is 5.78. The summed E-state index contributed by atoms with van der Waals surface area (Å²) in [5.74, 6) is 0.806. The maximum atomic E-state index is 12.9. The fourth-order valence-corrected chi connectivity index (χ4v) is 4.57. The first kappa shape index (κ1) is 22.8. The molecule has 1 N–H and O–H groups in total. The number of rotatable bonds is 8.